The van der Waals surface area contributed by atoms with Crippen LogP contribution in [0.1, 0.15) is 5.56 Å². The van der Waals surface area contributed by atoms with Crippen molar-refractivity contribution in [3.8, 4) is 0 Å². The van der Waals surface area contributed by atoms with Crippen molar-refractivity contribution >= 4 is 21.5 Å². The number of nitrogens with zero attached hydrogens (tertiary/aromatic N) is 1. The molecule has 0 bridgehead atoms. The maximum atomic E-state index is 12.1. The number of pyridine rings is 1. The molecule has 94 valence electrons. The van der Waals surface area contributed by atoms with Gasteiger partial charge in [-0.3, -0.25) is 4.72 Å². The average Bonchev–Trinajstić information content (AvgIpc) is 2.28. The summed E-state index contributed by atoms with van der Waals surface area (Å²) >= 11 is 0. The summed E-state index contributed by atoms with van der Waals surface area (Å²) in [5, 5.41) is 0. The van der Waals surface area contributed by atoms with Gasteiger partial charge in [0.05, 0.1) is 4.90 Å². The highest BCUT2D eigenvalue weighted by atomic mass is 32.2. The van der Waals surface area contributed by atoms with E-state index in [0.717, 1.165) is 5.56 Å². The molecule has 0 spiro atoms. The Morgan fingerprint density at radius 1 is 1.22 bits per heavy atom. The third-order valence-corrected chi connectivity index (χ3v) is 3.71. The molecule has 1 aromatic heterocycles. The normalized spacial score (nSPS) is 11.2. The van der Waals surface area contributed by atoms with Gasteiger partial charge in [0.15, 0.2) is 0 Å². The first-order chi connectivity index (χ1) is 8.47. The number of sulfonamides is 1. The van der Waals surface area contributed by atoms with Crippen LogP contribution in [0.3, 0.4) is 0 Å². The first kappa shape index (κ1) is 12.4. The Hall–Kier alpha value is -2.08. The van der Waals surface area contributed by atoms with Crippen molar-refractivity contribution in [3.63, 3.8) is 0 Å². The van der Waals surface area contributed by atoms with Crippen LogP contribution in [-0.2, 0) is 10.0 Å². The summed E-state index contributed by atoms with van der Waals surface area (Å²) in [4.78, 5) is 3.85. The van der Waals surface area contributed by atoms with E-state index in [1.807, 2.05) is 13.0 Å². The molecule has 0 unspecified atom stereocenters. The molecular weight excluding hydrogens is 250 g/mol. The Morgan fingerprint density at radius 3 is 2.67 bits per heavy atom. The number of nitrogens with one attached hydrogen (secondary N) is 1. The van der Waals surface area contributed by atoms with Crippen LogP contribution >= 0.6 is 0 Å². The predicted octanol–water partition coefficient (Wildman–Crippen LogP) is 1.77. The van der Waals surface area contributed by atoms with Gasteiger partial charge in [0.2, 0.25) is 0 Å². The zero-order valence-corrected chi connectivity index (χ0v) is 10.6. The Labute approximate surface area is 106 Å². The summed E-state index contributed by atoms with van der Waals surface area (Å²) in [6.45, 7) is 1.89. The van der Waals surface area contributed by atoms with Crippen LogP contribution in [0, 0.1) is 6.92 Å². The van der Waals surface area contributed by atoms with Gasteiger partial charge in [-0.2, -0.15) is 0 Å². The lowest BCUT2D eigenvalue weighted by atomic mass is 10.2. The zero-order chi connectivity index (χ0) is 13.2. The summed E-state index contributed by atoms with van der Waals surface area (Å²) in [7, 11) is -3.62. The molecule has 0 fully saturated rings. The van der Waals surface area contributed by atoms with Crippen LogP contribution in [0.4, 0.5) is 11.5 Å². The number of rotatable bonds is 3. The summed E-state index contributed by atoms with van der Waals surface area (Å²) in [5.41, 5.74) is 6.96. The lowest BCUT2D eigenvalue weighted by Gasteiger charge is -2.08. The highest BCUT2D eigenvalue weighted by Gasteiger charge is 2.14. The van der Waals surface area contributed by atoms with Crippen LogP contribution in [0.15, 0.2) is 47.5 Å². The third-order valence-electron chi connectivity index (χ3n) is 2.33. The lowest BCUT2D eigenvalue weighted by Crippen LogP contribution is -2.13. The number of hydrogen-bond acceptors (Lipinski definition) is 4. The van der Waals surface area contributed by atoms with Gasteiger partial charge in [-0.05, 0) is 30.7 Å². The molecule has 0 radical (unpaired) electrons. The fourth-order valence-electron chi connectivity index (χ4n) is 1.52. The molecule has 0 aliphatic carbocycles. The Bertz CT molecular complexity index is 669. The molecule has 2 aromatic rings. The van der Waals surface area contributed by atoms with Gasteiger partial charge < -0.3 is 5.73 Å². The summed E-state index contributed by atoms with van der Waals surface area (Å²) in [5.74, 6) is 0.169. The second-order valence-electron chi connectivity index (χ2n) is 3.89. The average molecular weight is 263 g/mol. The van der Waals surface area contributed by atoms with E-state index in [1.54, 1.807) is 18.2 Å². The number of nitrogen functional groups attached to an aromatic ring is 1. The smallest absolute Gasteiger partial charge is 0.262 e. The van der Waals surface area contributed by atoms with Crippen molar-refractivity contribution in [2.24, 2.45) is 0 Å². The van der Waals surface area contributed by atoms with E-state index in [1.165, 1.54) is 18.3 Å². The van der Waals surface area contributed by atoms with Crippen LogP contribution in [0.2, 0.25) is 0 Å². The highest BCUT2D eigenvalue weighted by Crippen LogP contribution is 2.17. The maximum Gasteiger partial charge on any atom is 0.262 e. The van der Waals surface area contributed by atoms with Gasteiger partial charge in [0, 0.05) is 18.0 Å². The van der Waals surface area contributed by atoms with Gasteiger partial charge in [-0.1, -0.05) is 12.1 Å². The molecule has 0 saturated carbocycles. The van der Waals surface area contributed by atoms with Crippen LogP contribution in [-0.4, -0.2) is 13.4 Å². The van der Waals surface area contributed by atoms with Gasteiger partial charge in [-0.25, -0.2) is 13.4 Å². The number of nitrogens with two attached hydrogens (primary N) is 1. The largest absolute Gasteiger partial charge is 0.384 e. The molecule has 0 atom stereocenters. The van der Waals surface area contributed by atoms with Crippen molar-refractivity contribution in [3.05, 3.63) is 48.2 Å². The molecular formula is C12H13N3O2S. The number of benzene rings is 1. The molecule has 2 rings (SSSR count). The molecule has 3 N–H and O–H groups in total. The highest BCUT2D eigenvalue weighted by molar-refractivity contribution is 7.92. The summed E-state index contributed by atoms with van der Waals surface area (Å²) in [6, 6.07) is 9.83. The van der Waals surface area contributed by atoms with Crippen LogP contribution < -0.4 is 10.5 Å². The number of aryl methyl sites for hydroxylation is 1. The molecule has 18 heavy (non-hydrogen) atoms. The first-order valence-corrected chi connectivity index (χ1v) is 6.77. The molecule has 0 aliphatic rings. The maximum absolute atomic E-state index is 12.1. The number of anilines is 2. The molecule has 6 heteroatoms. The van der Waals surface area contributed by atoms with Crippen LogP contribution in [0.25, 0.3) is 0 Å². The third kappa shape index (κ3) is 2.78. The van der Waals surface area contributed by atoms with Gasteiger partial charge in [-0.15, -0.1) is 0 Å². The summed E-state index contributed by atoms with van der Waals surface area (Å²) in [6.07, 6.45) is 1.36. The van der Waals surface area contributed by atoms with E-state index in [9.17, 15) is 8.42 Å². The number of aromatic nitrogens is 1. The summed E-state index contributed by atoms with van der Waals surface area (Å²) < 4.78 is 26.6. The van der Waals surface area contributed by atoms with Gasteiger partial charge in [0.25, 0.3) is 10.0 Å². The molecule has 0 saturated heterocycles. The topological polar surface area (TPSA) is 85.1 Å². The second kappa shape index (κ2) is 4.66. The van der Waals surface area contributed by atoms with E-state index >= 15 is 0 Å². The molecule has 0 amide bonds. The SMILES string of the molecule is Cc1cccc(NS(=O)(=O)c2ccnc(N)c2)c1. The molecule has 1 aromatic carbocycles. The van der Waals surface area contributed by atoms with Crippen molar-refractivity contribution in [1.82, 2.24) is 4.98 Å². The van der Waals surface area contributed by atoms with E-state index < -0.39 is 10.0 Å². The van der Waals surface area contributed by atoms with Crippen LogP contribution in [0.5, 0.6) is 0 Å². The van der Waals surface area contributed by atoms with E-state index in [4.69, 9.17) is 5.73 Å². The van der Waals surface area contributed by atoms with Crippen molar-refractivity contribution in [2.45, 2.75) is 11.8 Å². The van der Waals surface area contributed by atoms with E-state index in [2.05, 4.69) is 9.71 Å². The Balaban J connectivity index is 2.33. The quantitative estimate of drug-likeness (QED) is 0.883. The van der Waals surface area contributed by atoms with E-state index in [-0.39, 0.29) is 10.7 Å². The van der Waals surface area contributed by atoms with Crippen molar-refractivity contribution in [1.29, 1.82) is 0 Å². The van der Waals surface area contributed by atoms with Gasteiger partial charge in [0.1, 0.15) is 5.82 Å². The standard InChI is InChI=1S/C12H13N3O2S/c1-9-3-2-4-10(7-9)15-18(16,17)11-5-6-14-12(13)8-11/h2-8,15H,1H3,(H2,13,14). The minimum atomic E-state index is -3.62. The molecule has 1 heterocycles. The molecule has 5 nitrogen and oxygen atoms in total. The van der Waals surface area contributed by atoms with E-state index in [0.29, 0.717) is 5.69 Å². The lowest BCUT2D eigenvalue weighted by molar-refractivity contribution is 0.601. The van der Waals surface area contributed by atoms with Crippen molar-refractivity contribution < 1.29 is 8.42 Å². The minimum absolute atomic E-state index is 0.0940. The van der Waals surface area contributed by atoms with Crippen molar-refractivity contribution in [2.75, 3.05) is 10.5 Å². The Kier molecular flexibility index (Phi) is 3.20. The van der Waals surface area contributed by atoms with Gasteiger partial charge >= 0.3 is 0 Å². The monoisotopic (exact) mass is 263 g/mol. The first-order valence-electron chi connectivity index (χ1n) is 5.28. The predicted molar refractivity (Wildman–Crippen MR) is 70.6 cm³/mol. The minimum Gasteiger partial charge on any atom is -0.384 e. The fourth-order valence-corrected chi connectivity index (χ4v) is 2.59. The molecule has 0 aliphatic heterocycles. The number of hydrogen-bond donors (Lipinski definition) is 2. The second-order valence-corrected chi connectivity index (χ2v) is 5.57. The fraction of sp³-hybridized carbons (Fsp3) is 0.0833. The zero-order valence-electron chi connectivity index (χ0n) is 9.79. The Morgan fingerprint density at radius 2 is 2.00 bits per heavy atom.